The van der Waals surface area contributed by atoms with Gasteiger partial charge in [-0.05, 0) is 55.2 Å². The number of carbonyl (C=O) groups excluding carboxylic acids is 1. The van der Waals surface area contributed by atoms with Crippen LogP contribution in [0.3, 0.4) is 0 Å². The second-order valence-electron chi connectivity index (χ2n) is 8.52. The molecule has 2 heterocycles. The number of β-lactam (4-membered cyclic amide) rings is 1. The fraction of sp³-hybridized carbons (Fsp3) is 0.423. The van der Waals surface area contributed by atoms with Crippen LogP contribution in [0.2, 0.25) is 0 Å². The van der Waals surface area contributed by atoms with Gasteiger partial charge in [0, 0.05) is 37.0 Å². The highest BCUT2D eigenvalue weighted by Crippen LogP contribution is 2.44. The van der Waals surface area contributed by atoms with Gasteiger partial charge in [-0.1, -0.05) is 18.7 Å². The lowest BCUT2D eigenvalue weighted by molar-refractivity contribution is -0.118. The molecule has 2 aromatic carbocycles. The van der Waals surface area contributed by atoms with E-state index < -0.39 is 0 Å². The Balaban J connectivity index is 1.54. The van der Waals surface area contributed by atoms with Crippen LogP contribution in [-0.4, -0.2) is 57.4 Å². The minimum Gasteiger partial charge on any atom is -0.496 e. The topological polar surface area (TPSA) is 51.2 Å². The molecule has 4 rings (SSSR count). The molecule has 2 fully saturated rings. The van der Waals surface area contributed by atoms with Crippen molar-refractivity contribution in [3.8, 4) is 11.5 Å². The number of methoxy groups -OCH3 is 1. The first-order valence-corrected chi connectivity index (χ1v) is 11.1. The summed E-state index contributed by atoms with van der Waals surface area (Å²) >= 11 is 0. The van der Waals surface area contributed by atoms with E-state index in [-0.39, 0.29) is 11.9 Å². The summed E-state index contributed by atoms with van der Waals surface area (Å²) in [7, 11) is 1.65. The van der Waals surface area contributed by atoms with E-state index in [1.807, 2.05) is 39.0 Å². The van der Waals surface area contributed by atoms with E-state index >= 15 is 0 Å². The molecule has 0 unspecified atom stereocenters. The summed E-state index contributed by atoms with van der Waals surface area (Å²) in [4.78, 5) is 16.9. The van der Waals surface area contributed by atoms with E-state index in [1.165, 1.54) is 0 Å². The number of hydrogen-bond donors (Lipinski definition) is 0. The van der Waals surface area contributed by atoms with E-state index in [0.717, 1.165) is 72.3 Å². The van der Waals surface area contributed by atoms with Gasteiger partial charge in [0.2, 0.25) is 0 Å². The third kappa shape index (κ3) is 4.25. The molecule has 2 aliphatic heterocycles. The van der Waals surface area contributed by atoms with E-state index in [9.17, 15) is 4.79 Å². The summed E-state index contributed by atoms with van der Waals surface area (Å²) in [6.45, 7) is 15.1. The summed E-state index contributed by atoms with van der Waals surface area (Å²) < 4.78 is 17.1. The number of hydrogen-bond acceptors (Lipinski definition) is 5. The van der Waals surface area contributed by atoms with Crippen molar-refractivity contribution in [1.82, 2.24) is 4.90 Å². The highest BCUT2D eigenvalue weighted by Gasteiger charge is 2.43. The maximum atomic E-state index is 12.8. The van der Waals surface area contributed by atoms with Crippen LogP contribution in [0.5, 0.6) is 11.5 Å². The number of aryl methyl sites for hydroxylation is 2. The van der Waals surface area contributed by atoms with Crippen LogP contribution < -0.4 is 14.4 Å². The molecular weight excluding hydrogens is 404 g/mol. The van der Waals surface area contributed by atoms with Crippen molar-refractivity contribution in [1.29, 1.82) is 0 Å². The second-order valence-corrected chi connectivity index (χ2v) is 8.52. The Morgan fingerprint density at radius 1 is 1.06 bits per heavy atom. The van der Waals surface area contributed by atoms with Crippen LogP contribution in [0.15, 0.2) is 42.5 Å². The lowest BCUT2D eigenvalue weighted by Gasteiger charge is -2.43. The van der Waals surface area contributed by atoms with Crippen LogP contribution >= 0.6 is 0 Å². The third-order valence-electron chi connectivity index (χ3n) is 6.48. The van der Waals surface area contributed by atoms with Crippen molar-refractivity contribution in [3.05, 3.63) is 64.7 Å². The monoisotopic (exact) mass is 436 g/mol. The number of benzene rings is 2. The fourth-order valence-electron chi connectivity index (χ4n) is 4.31. The SMILES string of the molecule is C=C1C(=O)N(c2cc(C)c(C)c(OC)c2)[C@H]1c1ccc(C)c(OCCN2CCOCC2)c1. The fourth-order valence-corrected chi connectivity index (χ4v) is 4.31. The molecule has 0 N–H and O–H groups in total. The lowest BCUT2D eigenvalue weighted by Crippen LogP contribution is -2.48. The zero-order chi connectivity index (χ0) is 22.8. The highest BCUT2D eigenvalue weighted by molar-refractivity contribution is 6.15. The number of rotatable bonds is 7. The van der Waals surface area contributed by atoms with Crippen molar-refractivity contribution in [2.24, 2.45) is 0 Å². The van der Waals surface area contributed by atoms with E-state index in [1.54, 1.807) is 12.0 Å². The maximum Gasteiger partial charge on any atom is 0.256 e. The molecule has 2 aromatic rings. The summed E-state index contributed by atoms with van der Waals surface area (Å²) in [5.74, 6) is 1.57. The number of ether oxygens (including phenoxy) is 3. The van der Waals surface area contributed by atoms with Crippen LogP contribution in [0.25, 0.3) is 0 Å². The molecule has 1 amide bonds. The van der Waals surface area contributed by atoms with Crippen molar-refractivity contribution >= 4 is 11.6 Å². The maximum absolute atomic E-state index is 12.8. The van der Waals surface area contributed by atoms with Gasteiger partial charge in [-0.3, -0.25) is 14.6 Å². The molecule has 6 nitrogen and oxygen atoms in total. The molecule has 0 bridgehead atoms. The van der Waals surface area contributed by atoms with Crippen molar-refractivity contribution in [2.75, 3.05) is 51.5 Å². The predicted molar refractivity (Wildman–Crippen MR) is 126 cm³/mol. The summed E-state index contributed by atoms with van der Waals surface area (Å²) in [6, 6.07) is 9.89. The van der Waals surface area contributed by atoms with Crippen molar-refractivity contribution < 1.29 is 19.0 Å². The van der Waals surface area contributed by atoms with Crippen LogP contribution in [0.4, 0.5) is 5.69 Å². The smallest absolute Gasteiger partial charge is 0.256 e. The Kier molecular flexibility index (Phi) is 6.53. The second kappa shape index (κ2) is 9.35. The molecular formula is C26H32N2O4. The van der Waals surface area contributed by atoms with Crippen LogP contribution in [0.1, 0.15) is 28.3 Å². The molecule has 0 aliphatic carbocycles. The summed E-state index contributed by atoms with van der Waals surface area (Å²) in [5, 5.41) is 0. The minimum atomic E-state index is -0.212. The Bertz CT molecular complexity index is 1030. The zero-order valence-corrected chi connectivity index (χ0v) is 19.4. The van der Waals surface area contributed by atoms with Crippen LogP contribution in [0, 0.1) is 20.8 Å². The molecule has 1 atom stereocenters. The minimum absolute atomic E-state index is 0.0596. The third-order valence-corrected chi connectivity index (χ3v) is 6.48. The number of amides is 1. The van der Waals surface area contributed by atoms with Gasteiger partial charge in [0.25, 0.3) is 5.91 Å². The lowest BCUT2D eigenvalue weighted by atomic mass is 9.87. The molecule has 32 heavy (non-hydrogen) atoms. The summed E-state index contributed by atoms with van der Waals surface area (Å²) in [6.07, 6.45) is 0. The largest absolute Gasteiger partial charge is 0.496 e. The zero-order valence-electron chi connectivity index (χ0n) is 19.4. The number of morpholine rings is 1. The molecule has 170 valence electrons. The summed E-state index contributed by atoms with van der Waals surface area (Å²) in [5.41, 5.74) is 5.64. The van der Waals surface area contributed by atoms with Gasteiger partial charge in [0.1, 0.15) is 18.1 Å². The quantitative estimate of drug-likeness (QED) is 0.486. The molecule has 0 aromatic heterocycles. The van der Waals surface area contributed by atoms with Crippen molar-refractivity contribution in [2.45, 2.75) is 26.8 Å². The number of anilines is 1. The molecule has 2 aliphatic rings. The predicted octanol–water partition coefficient (Wildman–Crippen LogP) is 3.98. The van der Waals surface area contributed by atoms with E-state index in [2.05, 4.69) is 23.6 Å². The van der Waals surface area contributed by atoms with Gasteiger partial charge in [-0.2, -0.15) is 0 Å². The Labute approximate surface area is 190 Å². The van der Waals surface area contributed by atoms with Gasteiger partial charge in [0.15, 0.2) is 0 Å². The normalized spacial score (nSPS) is 19.1. The number of carbonyl (C=O) groups is 1. The first kappa shape index (κ1) is 22.4. The van der Waals surface area contributed by atoms with Crippen molar-refractivity contribution in [3.63, 3.8) is 0 Å². The highest BCUT2D eigenvalue weighted by atomic mass is 16.5. The molecule has 0 spiro atoms. The van der Waals surface area contributed by atoms with E-state index in [0.29, 0.717) is 12.2 Å². The molecule has 6 heteroatoms. The van der Waals surface area contributed by atoms with Gasteiger partial charge in [0.05, 0.1) is 26.4 Å². The van der Waals surface area contributed by atoms with Gasteiger partial charge < -0.3 is 14.2 Å². The Morgan fingerprint density at radius 3 is 2.53 bits per heavy atom. The molecule has 2 saturated heterocycles. The molecule has 0 saturated carbocycles. The van der Waals surface area contributed by atoms with E-state index in [4.69, 9.17) is 14.2 Å². The first-order chi connectivity index (χ1) is 15.4. The molecule has 0 radical (unpaired) electrons. The average molecular weight is 437 g/mol. The Morgan fingerprint density at radius 2 is 1.81 bits per heavy atom. The number of nitrogens with zero attached hydrogens (tertiary/aromatic N) is 2. The Hall–Kier alpha value is -2.83. The van der Waals surface area contributed by atoms with Crippen LogP contribution in [-0.2, 0) is 9.53 Å². The standard InChI is InChI=1S/C26H32N2O4/c1-17-6-7-21(15-23(17)32-13-10-27-8-11-31-12-9-27)25-20(4)26(29)28(25)22-14-18(2)19(3)24(16-22)30-5/h6-7,14-16,25H,4,8-13H2,1-3,5H3/t25-/m1/s1. The van der Waals surface area contributed by atoms with Gasteiger partial charge in [-0.15, -0.1) is 0 Å². The average Bonchev–Trinajstić information content (AvgIpc) is 2.80. The van der Waals surface area contributed by atoms with Gasteiger partial charge >= 0.3 is 0 Å². The first-order valence-electron chi connectivity index (χ1n) is 11.1. The van der Waals surface area contributed by atoms with Gasteiger partial charge in [-0.25, -0.2) is 0 Å².